The monoisotopic (exact) mass is 302 g/mol. The zero-order valence-corrected chi connectivity index (χ0v) is 13.6. The van der Waals surface area contributed by atoms with Crippen molar-refractivity contribution in [2.75, 3.05) is 13.6 Å². The lowest BCUT2D eigenvalue weighted by atomic mass is 9.91. The lowest BCUT2D eigenvalue weighted by molar-refractivity contribution is 0.518. The first kappa shape index (κ1) is 15.5. The number of hydrogen-bond donors (Lipinski definition) is 2. The van der Waals surface area contributed by atoms with Crippen LogP contribution in [0.3, 0.4) is 0 Å². The molecule has 2 aromatic heterocycles. The van der Waals surface area contributed by atoms with E-state index in [0.717, 1.165) is 18.2 Å². The highest BCUT2D eigenvalue weighted by atomic mass is 32.1. The second-order valence-electron chi connectivity index (χ2n) is 5.46. The molecule has 0 aromatic carbocycles. The van der Waals surface area contributed by atoms with Crippen molar-refractivity contribution in [3.63, 3.8) is 0 Å². The lowest BCUT2D eigenvalue weighted by Gasteiger charge is -2.25. The molecule has 2 aromatic rings. The average molecular weight is 302 g/mol. The molecule has 0 aliphatic rings. The van der Waals surface area contributed by atoms with E-state index in [1.807, 2.05) is 18.2 Å². The fourth-order valence-corrected chi connectivity index (χ4v) is 2.81. The van der Waals surface area contributed by atoms with Gasteiger partial charge in [-0.05, 0) is 23.6 Å². The van der Waals surface area contributed by atoms with Crippen LogP contribution in [0.5, 0.6) is 0 Å². The number of guanidine groups is 1. The number of nitrogens with zero attached hydrogens (tertiary/aromatic N) is 2. The summed E-state index contributed by atoms with van der Waals surface area (Å²) in [4.78, 5) is 9.92. The predicted octanol–water partition coefficient (Wildman–Crippen LogP) is 2.79. The number of nitrogens with one attached hydrogen (secondary N) is 2. The minimum Gasteiger partial charge on any atom is -0.356 e. The zero-order valence-electron chi connectivity index (χ0n) is 12.8. The molecule has 2 heterocycles. The van der Waals surface area contributed by atoms with Crippen LogP contribution in [-0.2, 0) is 12.0 Å². The van der Waals surface area contributed by atoms with Crippen LogP contribution in [0.4, 0.5) is 0 Å². The summed E-state index contributed by atoms with van der Waals surface area (Å²) < 4.78 is 0. The van der Waals surface area contributed by atoms with Gasteiger partial charge in [-0.2, -0.15) is 0 Å². The number of hydrogen-bond acceptors (Lipinski definition) is 3. The van der Waals surface area contributed by atoms with Crippen molar-refractivity contribution in [1.29, 1.82) is 0 Å². The molecule has 2 rings (SSSR count). The molecule has 0 radical (unpaired) electrons. The number of thiophene rings is 1. The van der Waals surface area contributed by atoms with E-state index in [9.17, 15) is 0 Å². The molecule has 0 spiro atoms. The Balaban J connectivity index is 1.86. The van der Waals surface area contributed by atoms with Crippen molar-refractivity contribution in [2.24, 2.45) is 4.99 Å². The van der Waals surface area contributed by atoms with Crippen LogP contribution in [0, 0.1) is 0 Å². The van der Waals surface area contributed by atoms with Crippen LogP contribution in [0.25, 0.3) is 0 Å². The Hall–Kier alpha value is -1.88. The first-order valence-corrected chi connectivity index (χ1v) is 7.88. The Morgan fingerprint density at radius 2 is 2.10 bits per heavy atom. The average Bonchev–Trinajstić information content (AvgIpc) is 3.03. The summed E-state index contributed by atoms with van der Waals surface area (Å²) in [5.41, 5.74) is 1.08. The third-order valence-corrected chi connectivity index (χ3v) is 4.51. The zero-order chi connectivity index (χ0) is 15.1. The van der Waals surface area contributed by atoms with Crippen LogP contribution < -0.4 is 10.6 Å². The third kappa shape index (κ3) is 4.56. The van der Waals surface area contributed by atoms with E-state index in [1.165, 1.54) is 4.88 Å². The molecule has 2 N–H and O–H groups in total. The Morgan fingerprint density at radius 1 is 1.24 bits per heavy atom. The van der Waals surface area contributed by atoms with Gasteiger partial charge in [-0.25, -0.2) is 0 Å². The molecular weight excluding hydrogens is 280 g/mol. The van der Waals surface area contributed by atoms with Gasteiger partial charge in [-0.1, -0.05) is 26.0 Å². The Kier molecular flexibility index (Phi) is 5.33. The molecule has 21 heavy (non-hydrogen) atoms. The van der Waals surface area contributed by atoms with Gasteiger partial charge in [0.15, 0.2) is 5.96 Å². The molecule has 0 amide bonds. The maximum Gasteiger partial charge on any atom is 0.191 e. The van der Waals surface area contributed by atoms with Crippen LogP contribution in [0.15, 0.2) is 46.9 Å². The van der Waals surface area contributed by atoms with Crippen molar-refractivity contribution >= 4 is 17.3 Å². The van der Waals surface area contributed by atoms with E-state index >= 15 is 0 Å². The SMILES string of the molecule is CN=C(NCc1ccccn1)NCC(C)(C)c1cccs1. The Labute approximate surface area is 130 Å². The Bertz CT molecular complexity index is 561. The van der Waals surface area contributed by atoms with Gasteiger partial charge in [0.05, 0.1) is 12.2 Å². The number of aliphatic imine (C=N–C) groups is 1. The van der Waals surface area contributed by atoms with E-state index in [0.29, 0.717) is 6.54 Å². The molecule has 4 nitrogen and oxygen atoms in total. The maximum atomic E-state index is 4.29. The number of rotatable bonds is 5. The van der Waals surface area contributed by atoms with Crippen LogP contribution in [-0.4, -0.2) is 24.5 Å². The van der Waals surface area contributed by atoms with Gasteiger partial charge in [-0.15, -0.1) is 11.3 Å². The Morgan fingerprint density at radius 3 is 2.71 bits per heavy atom. The first-order valence-electron chi connectivity index (χ1n) is 7.00. The van der Waals surface area contributed by atoms with Crippen molar-refractivity contribution in [1.82, 2.24) is 15.6 Å². The van der Waals surface area contributed by atoms with E-state index in [4.69, 9.17) is 0 Å². The van der Waals surface area contributed by atoms with E-state index in [-0.39, 0.29) is 5.41 Å². The number of pyridine rings is 1. The normalized spacial score (nSPS) is 12.2. The van der Waals surface area contributed by atoms with E-state index < -0.39 is 0 Å². The summed E-state index contributed by atoms with van der Waals surface area (Å²) in [5, 5.41) is 8.79. The highest BCUT2D eigenvalue weighted by Crippen LogP contribution is 2.26. The van der Waals surface area contributed by atoms with E-state index in [1.54, 1.807) is 24.6 Å². The van der Waals surface area contributed by atoms with Gasteiger partial charge in [-0.3, -0.25) is 9.98 Å². The lowest BCUT2D eigenvalue weighted by Crippen LogP contribution is -2.43. The van der Waals surface area contributed by atoms with Gasteiger partial charge in [0.1, 0.15) is 0 Å². The minimum absolute atomic E-state index is 0.0801. The van der Waals surface area contributed by atoms with Crippen molar-refractivity contribution < 1.29 is 0 Å². The van der Waals surface area contributed by atoms with Crippen molar-refractivity contribution in [2.45, 2.75) is 25.8 Å². The highest BCUT2D eigenvalue weighted by molar-refractivity contribution is 7.10. The van der Waals surface area contributed by atoms with Crippen molar-refractivity contribution in [3.8, 4) is 0 Å². The largest absolute Gasteiger partial charge is 0.356 e. The summed E-state index contributed by atoms with van der Waals surface area (Å²) in [6.45, 7) is 5.96. The standard InChI is InChI=1S/C16H22N4S/c1-16(2,14-8-6-10-21-14)12-20-15(17-3)19-11-13-7-4-5-9-18-13/h4-10H,11-12H2,1-3H3,(H2,17,19,20). The van der Waals surface area contributed by atoms with Crippen molar-refractivity contribution in [3.05, 3.63) is 52.5 Å². The predicted molar refractivity (Wildman–Crippen MR) is 89.8 cm³/mol. The van der Waals surface area contributed by atoms with Gasteiger partial charge in [0, 0.05) is 30.1 Å². The molecule has 0 unspecified atom stereocenters. The smallest absolute Gasteiger partial charge is 0.191 e. The summed E-state index contributed by atoms with van der Waals surface area (Å²) in [6.07, 6.45) is 1.80. The topological polar surface area (TPSA) is 49.3 Å². The third-order valence-electron chi connectivity index (χ3n) is 3.27. The molecule has 112 valence electrons. The molecule has 0 saturated heterocycles. The molecule has 0 atom stereocenters. The van der Waals surface area contributed by atoms with Gasteiger partial charge >= 0.3 is 0 Å². The first-order chi connectivity index (χ1) is 10.1. The molecule has 0 aliphatic heterocycles. The fourth-order valence-electron chi connectivity index (χ4n) is 1.95. The molecule has 0 saturated carbocycles. The second kappa shape index (κ2) is 7.22. The summed E-state index contributed by atoms with van der Waals surface area (Å²) in [6, 6.07) is 10.2. The van der Waals surface area contributed by atoms with E-state index in [2.05, 4.69) is 52.0 Å². The second-order valence-corrected chi connectivity index (χ2v) is 6.41. The molecular formula is C16H22N4S. The summed E-state index contributed by atoms with van der Waals surface area (Å²) >= 11 is 1.79. The highest BCUT2D eigenvalue weighted by Gasteiger charge is 2.21. The molecule has 0 fully saturated rings. The van der Waals surface area contributed by atoms with Crippen LogP contribution in [0.1, 0.15) is 24.4 Å². The van der Waals surface area contributed by atoms with Gasteiger partial charge in [0.2, 0.25) is 0 Å². The van der Waals surface area contributed by atoms with Crippen LogP contribution >= 0.6 is 11.3 Å². The molecule has 5 heteroatoms. The maximum absolute atomic E-state index is 4.29. The molecule has 0 aliphatic carbocycles. The fraction of sp³-hybridized carbons (Fsp3) is 0.375. The number of aromatic nitrogens is 1. The summed E-state index contributed by atoms with van der Waals surface area (Å²) in [7, 11) is 1.78. The van der Waals surface area contributed by atoms with Gasteiger partial charge < -0.3 is 10.6 Å². The quantitative estimate of drug-likeness (QED) is 0.659. The van der Waals surface area contributed by atoms with Gasteiger partial charge in [0.25, 0.3) is 0 Å². The minimum atomic E-state index is 0.0801. The van der Waals surface area contributed by atoms with Crippen LogP contribution in [0.2, 0.25) is 0 Å². The summed E-state index contributed by atoms with van der Waals surface area (Å²) in [5.74, 6) is 0.797. The molecule has 0 bridgehead atoms.